The van der Waals surface area contributed by atoms with E-state index in [1.165, 1.54) is 4.90 Å². The van der Waals surface area contributed by atoms with Gasteiger partial charge >= 0.3 is 6.09 Å². The summed E-state index contributed by atoms with van der Waals surface area (Å²) in [4.78, 5) is 24.3. The summed E-state index contributed by atoms with van der Waals surface area (Å²) in [6.07, 6.45) is 1.71. The Bertz CT molecular complexity index is 311. The number of rotatable bonds is 5. The van der Waals surface area contributed by atoms with Crippen molar-refractivity contribution in [1.29, 1.82) is 0 Å². The largest absolute Gasteiger partial charge is 0.449 e. The Morgan fingerprint density at radius 2 is 1.94 bits per heavy atom. The Hall–Kier alpha value is -1.26. The first-order valence-electron chi connectivity index (χ1n) is 5.96. The molecule has 0 aromatic heterocycles. The maximum Gasteiger partial charge on any atom is 0.410 e. The number of amides is 2. The fourth-order valence-corrected chi connectivity index (χ4v) is 1.78. The minimum absolute atomic E-state index is 0.0263. The molecular weight excluding hydrogens is 220 g/mol. The summed E-state index contributed by atoms with van der Waals surface area (Å²) in [7, 11) is 1.55. The van der Waals surface area contributed by atoms with E-state index in [-0.39, 0.29) is 11.3 Å². The van der Waals surface area contributed by atoms with Gasteiger partial charge in [0.15, 0.2) is 0 Å². The zero-order valence-electron chi connectivity index (χ0n) is 11.0. The molecule has 0 aliphatic heterocycles. The van der Waals surface area contributed by atoms with Gasteiger partial charge in [0.05, 0.1) is 6.61 Å². The smallest absolute Gasteiger partial charge is 0.410 e. The third-order valence-electron chi connectivity index (χ3n) is 3.28. The zero-order chi connectivity index (χ0) is 13.2. The van der Waals surface area contributed by atoms with Crippen molar-refractivity contribution in [2.75, 3.05) is 13.7 Å². The number of nitrogens with two attached hydrogens (primary N) is 1. The first-order valence-corrected chi connectivity index (χ1v) is 5.96. The SMILES string of the molecule is CC(C)[C@@H](C(N)=O)N(C)C(=O)OCC1(C)CC1. The van der Waals surface area contributed by atoms with Crippen LogP contribution in [-0.4, -0.2) is 36.6 Å². The molecule has 1 saturated carbocycles. The van der Waals surface area contributed by atoms with E-state index in [1.807, 2.05) is 13.8 Å². The van der Waals surface area contributed by atoms with Crippen LogP contribution >= 0.6 is 0 Å². The van der Waals surface area contributed by atoms with E-state index >= 15 is 0 Å². The molecule has 1 rings (SSSR count). The van der Waals surface area contributed by atoms with Crippen molar-refractivity contribution >= 4 is 12.0 Å². The van der Waals surface area contributed by atoms with Crippen LogP contribution in [0.1, 0.15) is 33.6 Å². The maximum absolute atomic E-state index is 11.8. The minimum atomic E-state index is -0.616. The number of carbonyl (C=O) groups is 2. The highest BCUT2D eigenvalue weighted by Gasteiger charge is 2.39. The Labute approximate surface area is 102 Å². The molecule has 0 heterocycles. The summed E-state index contributed by atoms with van der Waals surface area (Å²) < 4.78 is 5.19. The average molecular weight is 242 g/mol. The molecule has 0 bridgehead atoms. The monoisotopic (exact) mass is 242 g/mol. The van der Waals surface area contributed by atoms with Crippen LogP contribution < -0.4 is 5.73 Å². The number of nitrogens with zero attached hydrogens (tertiary/aromatic N) is 1. The van der Waals surface area contributed by atoms with Crippen LogP contribution in [0, 0.1) is 11.3 Å². The molecule has 5 nitrogen and oxygen atoms in total. The fraction of sp³-hybridized carbons (Fsp3) is 0.833. The highest BCUT2D eigenvalue weighted by atomic mass is 16.6. The average Bonchev–Trinajstić information content (AvgIpc) is 2.92. The maximum atomic E-state index is 11.8. The molecule has 2 amide bonds. The van der Waals surface area contributed by atoms with Crippen LogP contribution in [-0.2, 0) is 9.53 Å². The van der Waals surface area contributed by atoms with Gasteiger partial charge in [0, 0.05) is 12.5 Å². The lowest BCUT2D eigenvalue weighted by Gasteiger charge is -2.28. The normalized spacial score (nSPS) is 18.6. The van der Waals surface area contributed by atoms with E-state index in [2.05, 4.69) is 6.92 Å². The summed E-state index contributed by atoms with van der Waals surface area (Å²) in [6.45, 7) is 6.19. The van der Waals surface area contributed by atoms with Gasteiger partial charge in [-0.25, -0.2) is 4.79 Å². The summed E-state index contributed by atoms with van der Waals surface area (Å²) in [5.74, 6) is -0.529. The summed E-state index contributed by atoms with van der Waals surface area (Å²) in [5, 5.41) is 0. The predicted molar refractivity (Wildman–Crippen MR) is 64.3 cm³/mol. The van der Waals surface area contributed by atoms with Gasteiger partial charge < -0.3 is 10.5 Å². The topological polar surface area (TPSA) is 72.6 Å². The van der Waals surface area contributed by atoms with E-state index in [1.54, 1.807) is 7.05 Å². The lowest BCUT2D eigenvalue weighted by molar-refractivity contribution is -0.123. The van der Waals surface area contributed by atoms with E-state index in [0.717, 1.165) is 12.8 Å². The summed E-state index contributed by atoms with van der Waals surface area (Å²) >= 11 is 0. The highest BCUT2D eigenvalue weighted by molar-refractivity contribution is 5.84. The molecule has 1 aliphatic carbocycles. The second-order valence-electron chi connectivity index (χ2n) is 5.57. The first-order chi connectivity index (χ1) is 7.77. The molecule has 1 atom stereocenters. The second-order valence-corrected chi connectivity index (χ2v) is 5.57. The molecule has 0 spiro atoms. The number of ether oxygens (including phenoxy) is 1. The van der Waals surface area contributed by atoms with Crippen LogP contribution in [0.3, 0.4) is 0 Å². The van der Waals surface area contributed by atoms with Crippen molar-refractivity contribution in [1.82, 2.24) is 4.90 Å². The second kappa shape index (κ2) is 4.94. The van der Waals surface area contributed by atoms with Crippen LogP contribution in [0.4, 0.5) is 4.79 Å². The van der Waals surface area contributed by atoms with Crippen molar-refractivity contribution < 1.29 is 14.3 Å². The molecule has 2 N–H and O–H groups in total. The van der Waals surface area contributed by atoms with Crippen molar-refractivity contribution in [3.8, 4) is 0 Å². The van der Waals surface area contributed by atoms with Crippen molar-refractivity contribution in [3.05, 3.63) is 0 Å². The minimum Gasteiger partial charge on any atom is -0.449 e. The molecule has 0 saturated heterocycles. The summed E-state index contributed by atoms with van der Waals surface area (Å²) in [6, 6.07) is -0.616. The van der Waals surface area contributed by atoms with Gasteiger partial charge in [-0.15, -0.1) is 0 Å². The Balaban J connectivity index is 2.51. The van der Waals surface area contributed by atoms with Crippen molar-refractivity contribution in [2.24, 2.45) is 17.1 Å². The summed E-state index contributed by atoms with van der Waals surface area (Å²) in [5.41, 5.74) is 5.43. The van der Waals surface area contributed by atoms with Gasteiger partial charge in [-0.3, -0.25) is 9.69 Å². The molecule has 1 fully saturated rings. The third kappa shape index (κ3) is 3.61. The Morgan fingerprint density at radius 3 is 2.29 bits per heavy atom. The number of hydrogen-bond donors (Lipinski definition) is 1. The molecule has 0 unspecified atom stereocenters. The van der Waals surface area contributed by atoms with Gasteiger partial charge in [-0.05, 0) is 18.8 Å². The fourth-order valence-electron chi connectivity index (χ4n) is 1.78. The van der Waals surface area contributed by atoms with Crippen molar-refractivity contribution in [2.45, 2.75) is 39.7 Å². The standard InChI is InChI=1S/C12H22N2O3/c1-8(2)9(10(13)15)14(4)11(16)17-7-12(3)5-6-12/h8-9H,5-7H2,1-4H3,(H2,13,15)/t9-/m0/s1. The zero-order valence-corrected chi connectivity index (χ0v) is 11.0. The van der Waals surface area contributed by atoms with Crippen LogP contribution in [0.2, 0.25) is 0 Å². The predicted octanol–water partition coefficient (Wildman–Crippen LogP) is 1.36. The third-order valence-corrected chi connectivity index (χ3v) is 3.28. The van der Waals surface area contributed by atoms with E-state index in [4.69, 9.17) is 10.5 Å². The van der Waals surface area contributed by atoms with E-state index in [9.17, 15) is 9.59 Å². The molecule has 0 aromatic rings. The van der Waals surface area contributed by atoms with Gasteiger partial charge in [0.1, 0.15) is 6.04 Å². The number of carbonyl (C=O) groups excluding carboxylic acids is 2. The number of likely N-dealkylation sites (N-methyl/N-ethyl adjacent to an activating group) is 1. The molecule has 17 heavy (non-hydrogen) atoms. The van der Waals surface area contributed by atoms with Crippen LogP contribution in [0.25, 0.3) is 0 Å². The molecule has 5 heteroatoms. The first kappa shape index (κ1) is 13.8. The molecule has 0 aromatic carbocycles. The van der Waals surface area contributed by atoms with Crippen LogP contribution in [0.15, 0.2) is 0 Å². The lowest BCUT2D eigenvalue weighted by Crippen LogP contribution is -2.49. The molecule has 1 aliphatic rings. The molecular formula is C12H22N2O3. The van der Waals surface area contributed by atoms with Gasteiger partial charge in [-0.2, -0.15) is 0 Å². The number of hydrogen-bond acceptors (Lipinski definition) is 3. The Kier molecular flexibility index (Phi) is 4.01. The highest BCUT2D eigenvalue weighted by Crippen LogP contribution is 2.45. The van der Waals surface area contributed by atoms with Gasteiger partial charge in [0.2, 0.25) is 5.91 Å². The quantitative estimate of drug-likeness (QED) is 0.791. The van der Waals surface area contributed by atoms with E-state index in [0.29, 0.717) is 6.61 Å². The molecule has 98 valence electrons. The lowest BCUT2D eigenvalue weighted by atomic mass is 10.0. The van der Waals surface area contributed by atoms with Gasteiger partial charge in [0.25, 0.3) is 0 Å². The van der Waals surface area contributed by atoms with E-state index < -0.39 is 18.0 Å². The van der Waals surface area contributed by atoms with Crippen molar-refractivity contribution in [3.63, 3.8) is 0 Å². The van der Waals surface area contributed by atoms with Gasteiger partial charge in [-0.1, -0.05) is 20.8 Å². The molecule has 0 radical (unpaired) electrons. The Morgan fingerprint density at radius 1 is 1.41 bits per heavy atom. The van der Waals surface area contributed by atoms with Crippen LogP contribution in [0.5, 0.6) is 0 Å². The number of primary amides is 1.